The first-order chi connectivity index (χ1) is 15.6. The molecular formula is C23H25FN6O2. The lowest BCUT2D eigenvalue weighted by atomic mass is 10.2. The molecule has 1 aliphatic rings. The Kier molecular flexibility index (Phi) is 6.55. The molecule has 9 heteroatoms. The van der Waals surface area contributed by atoms with Gasteiger partial charge in [0.2, 0.25) is 0 Å². The minimum absolute atomic E-state index is 0.158. The number of carbonyl (C=O) groups is 2. The van der Waals surface area contributed by atoms with E-state index in [1.54, 1.807) is 47.1 Å². The molecule has 0 unspecified atom stereocenters. The van der Waals surface area contributed by atoms with Crippen LogP contribution in [0.25, 0.3) is 5.69 Å². The Labute approximate surface area is 185 Å². The number of hydrogen-bond donors (Lipinski definition) is 3. The van der Waals surface area contributed by atoms with Crippen LogP contribution in [0.15, 0.2) is 48.5 Å². The number of nitrogens with zero attached hydrogens (tertiary/aromatic N) is 3. The van der Waals surface area contributed by atoms with Crippen LogP contribution in [0.3, 0.4) is 0 Å². The molecule has 0 aliphatic heterocycles. The van der Waals surface area contributed by atoms with Crippen LogP contribution in [0.4, 0.5) is 4.39 Å². The highest BCUT2D eigenvalue weighted by Gasteiger charge is 2.27. The molecule has 0 spiro atoms. The maximum Gasteiger partial charge on any atom is 0.274 e. The lowest BCUT2D eigenvalue weighted by Crippen LogP contribution is -2.28. The van der Waals surface area contributed by atoms with Gasteiger partial charge in [0.25, 0.3) is 11.8 Å². The molecule has 1 fully saturated rings. The summed E-state index contributed by atoms with van der Waals surface area (Å²) in [5.41, 5.74) is 2.51. The van der Waals surface area contributed by atoms with Gasteiger partial charge < -0.3 is 16.0 Å². The first-order valence-electron chi connectivity index (χ1n) is 10.6. The van der Waals surface area contributed by atoms with E-state index in [1.807, 2.05) is 6.92 Å². The molecule has 32 heavy (non-hydrogen) atoms. The zero-order valence-corrected chi connectivity index (χ0v) is 17.8. The van der Waals surface area contributed by atoms with Crippen molar-refractivity contribution in [3.8, 4) is 5.69 Å². The number of rotatable bonds is 9. The number of halogens is 1. The van der Waals surface area contributed by atoms with E-state index in [0.29, 0.717) is 29.1 Å². The summed E-state index contributed by atoms with van der Waals surface area (Å²) >= 11 is 0. The monoisotopic (exact) mass is 436 g/mol. The van der Waals surface area contributed by atoms with Crippen LogP contribution in [-0.4, -0.2) is 39.4 Å². The van der Waals surface area contributed by atoms with Crippen LogP contribution >= 0.6 is 0 Å². The molecule has 0 bridgehead atoms. The molecular weight excluding hydrogens is 411 g/mol. The van der Waals surface area contributed by atoms with Gasteiger partial charge in [0.1, 0.15) is 5.82 Å². The number of nitrogens with one attached hydrogen (secondary N) is 3. The summed E-state index contributed by atoms with van der Waals surface area (Å²) in [7, 11) is 0. The van der Waals surface area contributed by atoms with Crippen molar-refractivity contribution in [2.24, 2.45) is 0 Å². The van der Waals surface area contributed by atoms with Gasteiger partial charge in [0.15, 0.2) is 5.69 Å². The summed E-state index contributed by atoms with van der Waals surface area (Å²) < 4.78 is 15.5. The van der Waals surface area contributed by atoms with E-state index < -0.39 is 0 Å². The van der Waals surface area contributed by atoms with Gasteiger partial charge in [-0.1, -0.05) is 23.4 Å². The van der Waals surface area contributed by atoms with Crippen LogP contribution < -0.4 is 16.0 Å². The highest BCUT2D eigenvalue weighted by molar-refractivity contribution is 5.94. The van der Waals surface area contributed by atoms with Crippen molar-refractivity contribution in [2.45, 2.75) is 38.9 Å². The summed E-state index contributed by atoms with van der Waals surface area (Å²) in [6.07, 6.45) is 1.92. The van der Waals surface area contributed by atoms with Crippen molar-refractivity contribution in [3.05, 3.63) is 76.9 Å². The van der Waals surface area contributed by atoms with E-state index in [9.17, 15) is 14.0 Å². The third-order valence-corrected chi connectivity index (χ3v) is 5.17. The van der Waals surface area contributed by atoms with Crippen molar-refractivity contribution < 1.29 is 14.0 Å². The Bertz CT molecular complexity index is 1110. The molecule has 1 saturated carbocycles. The molecule has 0 atom stereocenters. The van der Waals surface area contributed by atoms with Crippen molar-refractivity contribution >= 4 is 11.8 Å². The number of carbonyl (C=O) groups excluding carboxylic acids is 2. The van der Waals surface area contributed by atoms with E-state index in [-0.39, 0.29) is 42.5 Å². The van der Waals surface area contributed by atoms with Crippen LogP contribution in [0.5, 0.6) is 0 Å². The normalized spacial score (nSPS) is 13.1. The Morgan fingerprint density at radius 2 is 1.81 bits per heavy atom. The minimum atomic E-state index is -0.292. The molecule has 3 aromatic rings. The Morgan fingerprint density at radius 3 is 2.50 bits per heavy atom. The Balaban J connectivity index is 1.57. The van der Waals surface area contributed by atoms with Gasteiger partial charge in [-0.25, -0.2) is 9.07 Å². The quantitative estimate of drug-likeness (QED) is 0.478. The third kappa shape index (κ3) is 5.00. The van der Waals surface area contributed by atoms with Gasteiger partial charge in [-0.15, -0.1) is 5.10 Å². The average Bonchev–Trinajstić information content (AvgIpc) is 3.51. The SMILES string of the molecule is CCNC(=O)c1ccc(-n2nnc(C(=O)NC3CC3)c2CNCc2ccccc2F)cc1. The number of aromatic nitrogens is 3. The maximum absolute atomic E-state index is 13.9. The van der Waals surface area contributed by atoms with Gasteiger partial charge >= 0.3 is 0 Å². The molecule has 1 aliphatic carbocycles. The minimum Gasteiger partial charge on any atom is -0.352 e. The van der Waals surface area contributed by atoms with E-state index >= 15 is 0 Å². The van der Waals surface area contributed by atoms with Crippen LogP contribution in [0, 0.1) is 5.82 Å². The van der Waals surface area contributed by atoms with Crippen molar-refractivity contribution in [2.75, 3.05) is 6.54 Å². The van der Waals surface area contributed by atoms with Gasteiger partial charge in [-0.05, 0) is 50.1 Å². The molecule has 3 N–H and O–H groups in total. The lowest BCUT2D eigenvalue weighted by molar-refractivity contribution is 0.0940. The van der Waals surface area contributed by atoms with Gasteiger partial charge in [-0.2, -0.15) is 0 Å². The first kappa shape index (κ1) is 21.6. The second kappa shape index (κ2) is 9.69. The summed E-state index contributed by atoms with van der Waals surface area (Å²) in [6, 6.07) is 13.6. The zero-order chi connectivity index (χ0) is 22.5. The van der Waals surface area contributed by atoms with Crippen molar-refractivity contribution in [1.29, 1.82) is 0 Å². The zero-order valence-electron chi connectivity index (χ0n) is 17.8. The fourth-order valence-corrected chi connectivity index (χ4v) is 3.30. The number of hydrogen-bond acceptors (Lipinski definition) is 5. The van der Waals surface area contributed by atoms with Crippen LogP contribution in [0.1, 0.15) is 51.9 Å². The predicted molar refractivity (Wildman–Crippen MR) is 117 cm³/mol. The Hall–Kier alpha value is -3.59. The Morgan fingerprint density at radius 1 is 1.06 bits per heavy atom. The summed E-state index contributed by atoms with van der Waals surface area (Å²) in [5, 5.41) is 17.2. The van der Waals surface area contributed by atoms with Gasteiger partial charge in [0.05, 0.1) is 11.4 Å². The highest BCUT2D eigenvalue weighted by atomic mass is 19.1. The molecule has 166 valence electrons. The standard InChI is InChI=1S/C23H25FN6O2/c1-2-26-22(31)15-7-11-18(12-8-15)30-20(14-25-13-16-5-3-4-6-19(16)24)21(28-29-30)23(32)27-17-9-10-17/h3-8,11-12,17,25H,2,9-10,13-14H2,1H3,(H,26,31)(H,27,32). The fourth-order valence-electron chi connectivity index (χ4n) is 3.30. The molecule has 0 radical (unpaired) electrons. The summed E-state index contributed by atoms with van der Waals surface area (Å²) in [5.74, 6) is -0.728. The molecule has 2 aromatic carbocycles. The lowest BCUT2D eigenvalue weighted by Gasteiger charge is -2.11. The number of amides is 2. The topological polar surface area (TPSA) is 101 Å². The molecule has 0 saturated heterocycles. The largest absolute Gasteiger partial charge is 0.352 e. The molecule has 2 amide bonds. The highest BCUT2D eigenvalue weighted by Crippen LogP contribution is 2.20. The van der Waals surface area contributed by atoms with E-state index in [2.05, 4.69) is 26.3 Å². The van der Waals surface area contributed by atoms with E-state index in [0.717, 1.165) is 12.8 Å². The van der Waals surface area contributed by atoms with Crippen molar-refractivity contribution in [1.82, 2.24) is 30.9 Å². The van der Waals surface area contributed by atoms with Crippen LogP contribution in [0.2, 0.25) is 0 Å². The van der Waals surface area contributed by atoms with Crippen LogP contribution in [-0.2, 0) is 13.1 Å². The fraction of sp³-hybridized carbons (Fsp3) is 0.304. The van der Waals surface area contributed by atoms with Gasteiger partial charge in [-0.3, -0.25) is 9.59 Å². The average molecular weight is 436 g/mol. The molecule has 1 aromatic heterocycles. The molecule has 4 rings (SSSR count). The van der Waals surface area contributed by atoms with E-state index in [1.165, 1.54) is 6.07 Å². The van der Waals surface area contributed by atoms with Gasteiger partial charge in [0, 0.05) is 36.8 Å². The third-order valence-electron chi connectivity index (χ3n) is 5.17. The second-order valence-electron chi connectivity index (χ2n) is 7.65. The first-order valence-corrected chi connectivity index (χ1v) is 10.6. The predicted octanol–water partition coefficient (Wildman–Crippen LogP) is 2.34. The summed E-state index contributed by atoms with van der Waals surface area (Å²) in [6.45, 7) is 2.95. The maximum atomic E-state index is 13.9. The number of benzene rings is 2. The van der Waals surface area contributed by atoms with E-state index in [4.69, 9.17) is 0 Å². The molecule has 8 nitrogen and oxygen atoms in total. The second-order valence-corrected chi connectivity index (χ2v) is 7.65. The smallest absolute Gasteiger partial charge is 0.274 e. The van der Waals surface area contributed by atoms with Crippen molar-refractivity contribution in [3.63, 3.8) is 0 Å². The summed E-state index contributed by atoms with van der Waals surface area (Å²) in [4.78, 5) is 24.7. The molecule has 1 heterocycles.